The van der Waals surface area contributed by atoms with E-state index in [0.717, 1.165) is 24.5 Å². The fraction of sp³-hybridized carbons (Fsp3) is 0.600. The molecule has 2 N–H and O–H groups in total. The minimum Gasteiger partial charge on any atom is -0.326 e. The van der Waals surface area contributed by atoms with Crippen molar-refractivity contribution in [3.8, 4) is 0 Å². The lowest BCUT2D eigenvalue weighted by Crippen LogP contribution is -2.30. The van der Waals surface area contributed by atoms with E-state index in [-0.39, 0.29) is 12.1 Å². The summed E-state index contributed by atoms with van der Waals surface area (Å²) in [6.07, 6.45) is 2.85. The zero-order valence-corrected chi connectivity index (χ0v) is 8.64. The molecule has 4 nitrogen and oxygen atoms in total. The van der Waals surface area contributed by atoms with E-state index >= 15 is 0 Å². The molecule has 2 unspecified atom stereocenters. The zero-order valence-electron chi connectivity index (χ0n) is 8.64. The SMILES string of the molecule is Cc1nccc(C2C(N)CCN2C)n1. The lowest BCUT2D eigenvalue weighted by atomic mass is 10.1. The van der Waals surface area contributed by atoms with Gasteiger partial charge in [-0.3, -0.25) is 4.90 Å². The fourth-order valence-electron chi connectivity index (χ4n) is 2.06. The number of rotatable bonds is 1. The first-order valence-corrected chi connectivity index (χ1v) is 4.94. The Morgan fingerprint density at radius 2 is 2.36 bits per heavy atom. The third kappa shape index (κ3) is 1.63. The highest BCUT2D eigenvalue weighted by Gasteiger charge is 2.31. The summed E-state index contributed by atoms with van der Waals surface area (Å²) in [5.74, 6) is 0.815. The summed E-state index contributed by atoms with van der Waals surface area (Å²) in [4.78, 5) is 10.8. The monoisotopic (exact) mass is 192 g/mol. The molecule has 1 saturated heterocycles. The van der Waals surface area contributed by atoms with Crippen LogP contribution in [0.4, 0.5) is 0 Å². The molecule has 0 radical (unpaired) electrons. The quantitative estimate of drug-likeness (QED) is 0.703. The molecule has 2 rings (SSSR count). The van der Waals surface area contributed by atoms with Gasteiger partial charge in [0.15, 0.2) is 0 Å². The number of hydrogen-bond donors (Lipinski definition) is 1. The number of aromatic nitrogens is 2. The van der Waals surface area contributed by atoms with Crippen molar-refractivity contribution >= 4 is 0 Å². The first kappa shape index (κ1) is 9.55. The van der Waals surface area contributed by atoms with Gasteiger partial charge in [-0.05, 0) is 26.5 Å². The van der Waals surface area contributed by atoms with Gasteiger partial charge in [0, 0.05) is 18.8 Å². The van der Waals surface area contributed by atoms with Gasteiger partial charge in [0.2, 0.25) is 0 Å². The molecule has 1 aromatic rings. The summed E-state index contributed by atoms with van der Waals surface area (Å²) in [5, 5.41) is 0. The second kappa shape index (κ2) is 3.63. The van der Waals surface area contributed by atoms with Crippen molar-refractivity contribution in [3.05, 3.63) is 23.8 Å². The van der Waals surface area contributed by atoms with Crippen LogP contribution >= 0.6 is 0 Å². The second-order valence-electron chi connectivity index (χ2n) is 3.91. The maximum Gasteiger partial charge on any atom is 0.125 e. The lowest BCUT2D eigenvalue weighted by Gasteiger charge is -2.21. The first-order chi connectivity index (χ1) is 6.68. The van der Waals surface area contributed by atoms with Gasteiger partial charge in [0.1, 0.15) is 5.82 Å². The van der Waals surface area contributed by atoms with E-state index in [2.05, 4.69) is 21.9 Å². The van der Waals surface area contributed by atoms with Gasteiger partial charge in [-0.25, -0.2) is 9.97 Å². The van der Waals surface area contributed by atoms with Crippen LogP contribution in [0.5, 0.6) is 0 Å². The fourth-order valence-corrected chi connectivity index (χ4v) is 2.06. The number of nitrogens with zero attached hydrogens (tertiary/aromatic N) is 3. The molecule has 0 aliphatic carbocycles. The van der Waals surface area contributed by atoms with E-state index in [1.54, 1.807) is 6.20 Å². The average Bonchev–Trinajstić information content (AvgIpc) is 2.46. The molecule has 2 heterocycles. The normalized spacial score (nSPS) is 28.2. The van der Waals surface area contributed by atoms with Crippen molar-refractivity contribution in [1.82, 2.24) is 14.9 Å². The molecule has 0 spiro atoms. The highest BCUT2D eigenvalue weighted by molar-refractivity contribution is 5.12. The van der Waals surface area contributed by atoms with Crippen LogP contribution in [0.1, 0.15) is 24.0 Å². The van der Waals surface area contributed by atoms with Crippen LogP contribution in [0.15, 0.2) is 12.3 Å². The molecule has 1 aliphatic heterocycles. The maximum absolute atomic E-state index is 6.05. The Kier molecular flexibility index (Phi) is 2.48. The van der Waals surface area contributed by atoms with Crippen LogP contribution in [0.25, 0.3) is 0 Å². The Balaban J connectivity index is 2.29. The van der Waals surface area contributed by atoms with Crippen molar-refractivity contribution in [1.29, 1.82) is 0 Å². The van der Waals surface area contributed by atoms with Crippen LogP contribution in [-0.4, -0.2) is 34.5 Å². The van der Waals surface area contributed by atoms with Gasteiger partial charge >= 0.3 is 0 Å². The molecule has 0 bridgehead atoms. The van der Waals surface area contributed by atoms with Gasteiger partial charge in [-0.15, -0.1) is 0 Å². The predicted octanol–water partition coefficient (Wildman–Crippen LogP) is 0.489. The van der Waals surface area contributed by atoms with Crippen LogP contribution in [-0.2, 0) is 0 Å². The molecular formula is C10H16N4. The molecule has 0 aromatic carbocycles. The number of likely N-dealkylation sites (tertiary alicyclic amines) is 1. The van der Waals surface area contributed by atoms with Gasteiger partial charge in [0.05, 0.1) is 11.7 Å². The molecule has 14 heavy (non-hydrogen) atoms. The third-order valence-electron chi connectivity index (χ3n) is 2.80. The first-order valence-electron chi connectivity index (χ1n) is 4.94. The Hall–Kier alpha value is -1.00. The number of aryl methyl sites for hydroxylation is 1. The van der Waals surface area contributed by atoms with Gasteiger partial charge in [-0.2, -0.15) is 0 Å². The summed E-state index contributed by atoms with van der Waals surface area (Å²) in [7, 11) is 2.09. The molecule has 1 fully saturated rings. The summed E-state index contributed by atoms with van der Waals surface area (Å²) in [5.41, 5.74) is 7.10. The summed E-state index contributed by atoms with van der Waals surface area (Å²) >= 11 is 0. The third-order valence-corrected chi connectivity index (χ3v) is 2.80. The van der Waals surface area contributed by atoms with Gasteiger partial charge < -0.3 is 5.73 Å². The van der Waals surface area contributed by atoms with E-state index < -0.39 is 0 Å². The average molecular weight is 192 g/mol. The van der Waals surface area contributed by atoms with Crippen LogP contribution in [0, 0.1) is 6.92 Å². The van der Waals surface area contributed by atoms with E-state index in [4.69, 9.17) is 5.73 Å². The van der Waals surface area contributed by atoms with E-state index in [1.165, 1.54) is 0 Å². The second-order valence-corrected chi connectivity index (χ2v) is 3.91. The Morgan fingerprint density at radius 1 is 1.57 bits per heavy atom. The Bertz CT molecular complexity index is 316. The number of nitrogens with two attached hydrogens (primary N) is 1. The van der Waals surface area contributed by atoms with Crippen molar-refractivity contribution < 1.29 is 0 Å². The van der Waals surface area contributed by atoms with E-state index in [9.17, 15) is 0 Å². The van der Waals surface area contributed by atoms with Gasteiger partial charge in [0.25, 0.3) is 0 Å². The summed E-state index contributed by atoms with van der Waals surface area (Å²) in [6, 6.07) is 2.42. The topological polar surface area (TPSA) is 55.0 Å². The standard InChI is InChI=1S/C10H16N4/c1-7-12-5-3-9(13-7)10-8(11)4-6-14(10)2/h3,5,8,10H,4,6,11H2,1-2H3. The molecular weight excluding hydrogens is 176 g/mol. The summed E-state index contributed by atoms with van der Waals surface area (Å²) < 4.78 is 0. The number of hydrogen-bond acceptors (Lipinski definition) is 4. The van der Waals surface area contributed by atoms with Crippen LogP contribution in [0.3, 0.4) is 0 Å². The minimum atomic E-state index is 0.203. The predicted molar refractivity (Wildman–Crippen MR) is 54.7 cm³/mol. The molecule has 2 atom stereocenters. The summed E-state index contributed by atoms with van der Waals surface area (Å²) in [6.45, 7) is 2.96. The largest absolute Gasteiger partial charge is 0.326 e. The molecule has 4 heteroatoms. The number of likely N-dealkylation sites (N-methyl/N-ethyl adjacent to an activating group) is 1. The zero-order chi connectivity index (χ0) is 10.1. The van der Waals surface area contributed by atoms with Crippen molar-refractivity contribution in [2.45, 2.75) is 25.4 Å². The van der Waals surface area contributed by atoms with Crippen molar-refractivity contribution in [3.63, 3.8) is 0 Å². The van der Waals surface area contributed by atoms with E-state index in [0.29, 0.717) is 0 Å². The van der Waals surface area contributed by atoms with Crippen LogP contribution in [0.2, 0.25) is 0 Å². The van der Waals surface area contributed by atoms with Crippen molar-refractivity contribution in [2.24, 2.45) is 5.73 Å². The highest BCUT2D eigenvalue weighted by atomic mass is 15.2. The minimum absolute atomic E-state index is 0.203. The molecule has 0 saturated carbocycles. The molecule has 76 valence electrons. The smallest absolute Gasteiger partial charge is 0.125 e. The van der Waals surface area contributed by atoms with Crippen molar-refractivity contribution in [2.75, 3.05) is 13.6 Å². The lowest BCUT2D eigenvalue weighted by molar-refractivity contribution is 0.298. The van der Waals surface area contributed by atoms with Crippen LogP contribution < -0.4 is 5.73 Å². The molecule has 0 amide bonds. The molecule has 1 aromatic heterocycles. The maximum atomic E-state index is 6.05. The van der Waals surface area contributed by atoms with E-state index in [1.807, 2.05) is 13.0 Å². The highest BCUT2D eigenvalue weighted by Crippen LogP contribution is 2.27. The van der Waals surface area contributed by atoms with Gasteiger partial charge in [-0.1, -0.05) is 0 Å². The Morgan fingerprint density at radius 3 is 2.93 bits per heavy atom. The molecule has 1 aliphatic rings. The Labute approximate surface area is 84.2 Å².